The number of likely N-dealkylation sites (tertiary alicyclic amines) is 1. The maximum atomic E-state index is 13.3. The highest BCUT2D eigenvalue weighted by atomic mass is 79.9. The van der Waals surface area contributed by atoms with E-state index < -0.39 is 0 Å². The lowest BCUT2D eigenvalue weighted by atomic mass is 9.86. The Morgan fingerprint density at radius 2 is 1.84 bits per heavy atom. The van der Waals surface area contributed by atoms with Crippen LogP contribution in [0.3, 0.4) is 0 Å². The first-order chi connectivity index (χ1) is 17.7. The zero-order chi connectivity index (χ0) is 26.3. The van der Waals surface area contributed by atoms with Crippen molar-refractivity contribution in [3.05, 3.63) is 57.1 Å². The van der Waals surface area contributed by atoms with Crippen LogP contribution in [0.1, 0.15) is 72.5 Å². The largest absolute Gasteiger partial charge is 0.376 e. The predicted molar refractivity (Wildman–Crippen MR) is 149 cm³/mol. The molecule has 0 spiro atoms. The second-order valence-electron chi connectivity index (χ2n) is 11.2. The summed E-state index contributed by atoms with van der Waals surface area (Å²) in [5.74, 6) is 0.0735. The third kappa shape index (κ3) is 5.10. The molecule has 2 fully saturated rings. The van der Waals surface area contributed by atoms with Crippen LogP contribution in [0, 0.1) is 13.8 Å². The van der Waals surface area contributed by atoms with E-state index in [1.54, 1.807) is 0 Å². The number of rotatable bonds is 5. The molecule has 1 amide bonds. The summed E-state index contributed by atoms with van der Waals surface area (Å²) in [5.41, 5.74) is 5.14. The van der Waals surface area contributed by atoms with Crippen molar-refractivity contribution in [1.29, 1.82) is 0 Å². The van der Waals surface area contributed by atoms with Gasteiger partial charge in [0, 0.05) is 61.8 Å². The summed E-state index contributed by atoms with van der Waals surface area (Å²) in [4.78, 5) is 29.2. The predicted octanol–water partition coefficient (Wildman–Crippen LogP) is 4.56. The van der Waals surface area contributed by atoms with Gasteiger partial charge in [0.25, 0.3) is 5.91 Å². The number of amides is 1. The van der Waals surface area contributed by atoms with Crippen molar-refractivity contribution >= 4 is 21.8 Å². The Kier molecular flexibility index (Phi) is 7.74. The molecular formula is C29H40BrN5O2. The molecule has 200 valence electrons. The maximum absolute atomic E-state index is 13.3. The van der Waals surface area contributed by atoms with Gasteiger partial charge in [-0.3, -0.25) is 14.6 Å². The number of benzene rings is 1. The van der Waals surface area contributed by atoms with Crippen molar-refractivity contribution < 1.29 is 9.53 Å². The molecule has 0 N–H and O–H groups in total. The van der Waals surface area contributed by atoms with Crippen LogP contribution in [0.15, 0.2) is 29.0 Å². The van der Waals surface area contributed by atoms with Crippen molar-refractivity contribution in [1.82, 2.24) is 24.7 Å². The number of carbonyl (C=O) groups excluding carboxylic acids is 1. The monoisotopic (exact) mass is 569 g/mol. The Bertz CT molecular complexity index is 1130. The van der Waals surface area contributed by atoms with Crippen LogP contribution in [-0.2, 0) is 11.2 Å². The van der Waals surface area contributed by atoms with Gasteiger partial charge in [0.05, 0.1) is 29.1 Å². The molecule has 2 saturated heterocycles. The number of piperidine rings is 1. The van der Waals surface area contributed by atoms with Gasteiger partial charge >= 0.3 is 0 Å². The van der Waals surface area contributed by atoms with Crippen LogP contribution in [0.4, 0.5) is 0 Å². The smallest absolute Gasteiger partial charge is 0.257 e. The van der Waals surface area contributed by atoms with Crippen LogP contribution in [-0.4, -0.2) is 87.6 Å². The second kappa shape index (κ2) is 10.7. The lowest BCUT2D eigenvalue weighted by molar-refractivity contribution is -0.0630. The van der Waals surface area contributed by atoms with Crippen molar-refractivity contribution in [3.8, 4) is 0 Å². The Hall–Kier alpha value is -1.87. The van der Waals surface area contributed by atoms with Gasteiger partial charge in [0.1, 0.15) is 6.33 Å². The summed E-state index contributed by atoms with van der Waals surface area (Å²) in [6.07, 6.45) is 4.70. The molecule has 2 aliphatic heterocycles. The summed E-state index contributed by atoms with van der Waals surface area (Å²) in [7, 11) is 0. The first-order valence-corrected chi connectivity index (χ1v) is 14.5. The van der Waals surface area contributed by atoms with Gasteiger partial charge in [-0.25, -0.2) is 9.97 Å². The van der Waals surface area contributed by atoms with E-state index in [9.17, 15) is 4.79 Å². The fourth-order valence-corrected chi connectivity index (χ4v) is 7.18. The van der Waals surface area contributed by atoms with Crippen molar-refractivity contribution in [3.63, 3.8) is 0 Å². The molecule has 1 aliphatic carbocycles. The maximum Gasteiger partial charge on any atom is 0.257 e. The van der Waals surface area contributed by atoms with E-state index in [0.29, 0.717) is 17.6 Å². The van der Waals surface area contributed by atoms with Gasteiger partial charge in [0.15, 0.2) is 0 Å². The van der Waals surface area contributed by atoms with Crippen LogP contribution in [0.2, 0.25) is 0 Å². The summed E-state index contributed by atoms with van der Waals surface area (Å²) in [5, 5.41) is 0. The summed E-state index contributed by atoms with van der Waals surface area (Å²) >= 11 is 3.65. The van der Waals surface area contributed by atoms with E-state index >= 15 is 0 Å². The highest BCUT2D eigenvalue weighted by Crippen LogP contribution is 2.42. The van der Waals surface area contributed by atoms with Gasteiger partial charge in [-0.15, -0.1) is 0 Å². The van der Waals surface area contributed by atoms with Crippen molar-refractivity contribution in [2.45, 2.75) is 77.6 Å². The fraction of sp³-hybridized carbons (Fsp3) is 0.621. The molecule has 8 heteroatoms. The standard InChI is InChI=1S/C29H40BrN5O2/c1-6-37-25-16-22-15-23(30)7-8-24(22)27(25)35-14-13-34(17-19(35)2)29(5)9-11-33(12-10-29)28(36)26-20(3)31-18-32-21(26)4/h7-8,15,18-19,25,27H,6,9-14,16-17H2,1-5H3/t19-,25-,27-/m0/s1. The minimum atomic E-state index is 0.0735. The Morgan fingerprint density at radius 1 is 1.14 bits per heavy atom. The minimum Gasteiger partial charge on any atom is -0.376 e. The number of aryl methyl sites for hydroxylation is 2. The van der Waals surface area contributed by atoms with E-state index in [0.717, 1.165) is 74.5 Å². The summed E-state index contributed by atoms with van der Waals surface area (Å²) in [6, 6.07) is 7.47. The zero-order valence-corrected chi connectivity index (χ0v) is 24.4. The van der Waals surface area contributed by atoms with Crippen molar-refractivity contribution in [2.24, 2.45) is 0 Å². The third-order valence-electron chi connectivity index (χ3n) is 8.95. The van der Waals surface area contributed by atoms with Gasteiger partial charge < -0.3 is 9.64 Å². The second-order valence-corrected chi connectivity index (χ2v) is 12.1. The number of piperazine rings is 1. The number of carbonyl (C=O) groups is 1. The topological polar surface area (TPSA) is 61.8 Å². The molecule has 2 aromatic rings. The molecule has 37 heavy (non-hydrogen) atoms. The first-order valence-electron chi connectivity index (χ1n) is 13.7. The molecule has 0 unspecified atom stereocenters. The van der Waals surface area contributed by atoms with Crippen LogP contribution in [0.25, 0.3) is 0 Å². The van der Waals surface area contributed by atoms with Gasteiger partial charge in [0.2, 0.25) is 0 Å². The molecule has 1 aromatic carbocycles. The minimum absolute atomic E-state index is 0.0735. The molecule has 3 aliphatic rings. The molecule has 0 radical (unpaired) electrons. The quantitative estimate of drug-likeness (QED) is 0.526. The fourth-order valence-electron chi connectivity index (χ4n) is 6.77. The average molecular weight is 571 g/mol. The lowest BCUT2D eigenvalue weighted by Gasteiger charge is -2.53. The van der Waals surface area contributed by atoms with E-state index in [1.807, 2.05) is 18.7 Å². The van der Waals surface area contributed by atoms with E-state index in [2.05, 4.69) is 74.7 Å². The molecule has 1 aromatic heterocycles. The number of halogens is 1. The molecule has 5 rings (SSSR count). The zero-order valence-electron chi connectivity index (χ0n) is 22.8. The number of nitrogens with zero attached hydrogens (tertiary/aromatic N) is 5. The molecule has 7 nitrogen and oxygen atoms in total. The Labute approximate surface area is 229 Å². The van der Waals surface area contributed by atoms with Gasteiger partial charge in [-0.1, -0.05) is 22.0 Å². The number of fused-ring (bicyclic) bond motifs is 1. The van der Waals surface area contributed by atoms with Crippen LogP contribution in [0.5, 0.6) is 0 Å². The molecular weight excluding hydrogens is 530 g/mol. The number of ether oxygens (including phenoxy) is 1. The van der Waals surface area contributed by atoms with Crippen LogP contribution < -0.4 is 0 Å². The van der Waals surface area contributed by atoms with Gasteiger partial charge in [-0.05, 0) is 70.7 Å². The molecule has 3 heterocycles. The van der Waals surface area contributed by atoms with Crippen LogP contribution >= 0.6 is 15.9 Å². The van der Waals surface area contributed by atoms with E-state index in [4.69, 9.17) is 4.74 Å². The third-order valence-corrected chi connectivity index (χ3v) is 9.44. The lowest BCUT2D eigenvalue weighted by Crippen LogP contribution is -2.62. The molecule has 0 saturated carbocycles. The highest BCUT2D eigenvalue weighted by Gasteiger charge is 2.44. The van der Waals surface area contributed by atoms with E-state index in [-0.39, 0.29) is 17.6 Å². The Balaban J connectivity index is 1.25. The SMILES string of the molecule is CCO[C@H]1Cc2cc(Br)ccc2[C@@H]1N1CCN(C2(C)CCN(C(=O)c3c(C)ncnc3C)CC2)C[C@@H]1C. The summed E-state index contributed by atoms with van der Waals surface area (Å²) in [6.45, 7) is 16.1. The number of hydrogen-bond acceptors (Lipinski definition) is 6. The van der Waals surface area contributed by atoms with Crippen molar-refractivity contribution in [2.75, 3.05) is 39.3 Å². The Morgan fingerprint density at radius 3 is 2.49 bits per heavy atom. The molecule has 3 atom stereocenters. The molecule has 0 bridgehead atoms. The first kappa shape index (κ1) is 26.7. The van der Waals surface area contributed by atoms with E-state index in [1.165, 1.54) is 17.5 Å². The summed E-state index contributed by atoms with van der Waals surface area (Å²) < 4.78 is 7.41. The number of hydrogen-bond donors (Lipinski definition) is 0. The highest BCUT2D eigenvalue weighted by molar-refractivity contribution is 9.10. The average Bonchev–Trinajstić information content (AvgIpc) is 3.21. The normalized spacial score (nSPS) is 26.3. The number of aromatic nitrogens is 2. The van der Waals surface area contributed by atoms with Gasteiger partial charge in [-0.2, -0.15) is 0 Å².